The lowest BCUT2D eigenvalue weighted by Gasteiger charge is -2.20. The molecule has 1 saturated heterocycles. The number of nitrogens with one attached hydrogen (secondary N) is 1. The Morgan fingerprint density at radius 1 is 1.10 bits per heavy atom. The van der Waals surface area contributed by atoms with E-state index in [1.807, 2.05) is 30.3 Å². The van der Waals surface area contributed by atoms with Gasteiger partial charge in [-0.2, -0.15) is 0 Å². The Kier molecular flexibility index (Phi) is 3.75. The number of carboxylic acids is 1. The number of carboxylic acid groups (broad SMARTS) is 1. The van der Waals surface area contributed by atoms with Crippen LogP contribution in [-0.2, 0) is 20.7 Å². The van der Waals surface area contributed by atoms with Crippen LogP contribution in [0.4, 0.5) is 0 Å². The van der Waals surface area contributed by atoms with Crippen molar-refractivity contribution in [1.29, 1.82) is 0 Å². The van der Waals surface area contributed by atoms with Gasteiger partial charge in [0.05, 0.1) is 18.1 Å². The number of hydrogen-bond acceptors (Lipinski definition) is 3. The summed E-state index contributed by atoms with van der Waals surface area (Å²) >= 11 is 0. The van der Waals surface area contributed by atoms with Gasteiger partial charge in [-0.1, -0.05) is 42.5 Å². The number of rotatable bonds is 5. The number of hydrogen-bond donors (Lipinski definition) is 2. The summed E-state index contributed by atoms with van der Waals surface area (Å²) in [7, 11) is 0. The van der Waals surface area contributed by atoms with E-state index in [0.29, 0.717) is 6.54 Å². The third-order valence-corrected chi connectivity index (χ3v) is 4.04. The summed E-state index contributed by atoms with van der Waals surface area (Å²) in [6, 6.07) is 9.84. The molecule has 2 aliphatic heterocycles. The van der Waals surface area contributed by atoms with Crippen LogP contribution in [0, 0.1) is 11.8 Å². The van der Waals surface area contributed by atoms with Crippen LogP contribution in [-0.4, -0.2) is 35.7 Å². The van der Waals surface area contributed by atoms with Crippen LogP contribution < -0.4 is 5.32 Å². The third kappa shape index (κ3) is 2.69. The molecular weight excluding hydrogens is 270 g/mol. The molecule has 21 heavy (non-hydrogen) atoms. The first-order valence-electron chi connectivity index (χ1n) is 7.05. The predicted octanol–water partition coefficient (Wildman–Crippen LogP) is 0.999. The van der Waals surface area contributed by atoms with Crippen LogP contribution >= 0.6 is 0 Å². The van der Waals surface area contributed by atoms with E-state index in [0.717, 1.165) is 12.0 Å². The quantitative estimate of drug-likeness (QED) is 0.792. The van der Waals surface area contributed by atoms with Crippen molar-refractivity contribution in [3.63, 3.8) is 0 Å². The zero-order valence-electron chi connectivity index (χ0n) is 11.4. The maximum Gasteiger partial charge on any atom is 0.310 e. The molecule has 0 aliphatic carbocycles. The summed E-state index contributed by atoms with van der Waals surface area (Å²) in [5.74, 6) is -2.63. The fourth-order valence-electron chi connectivity index (χ4n) is 3.01. The van der Waals surface area contributed by atoms with E-state index in [2.05, 4.69) is 5.32 Å². The monoisotopic (exact) mass is 287 g/mol. The molecule has 2 N–H and O–H groups in total. The summed E-state index contributed by atoms with van der Waals surface area (Å²) in [6.07, 6.45) is 3.36. The first kappa shape index (κ1) is 13.8. The average Bonchev–Trinajstić information content (AvgIpc) is 3.08. The molecule has 4 unspecified atom stereocenters. The molecular formula is C16H17NO4. The molecule has 2 bridgehead atoms. The molecule has 3 rings (SSSR count). The lowest BCUT2D eigenvalue weighted by Crippen LogP contribution is -2.43. The van der Waals surface area contributed by atoms with Gasteiger partial charge in [0.15, 0.2) is 0 Å². The number of benzene rings is 1. The zero-order valence-corrected chi connectivity index (χ0v) is 11.4. The van der Waals surface area contributed by atoms with E-state index >= 15 is 0 Å². The third-order valence-electron chi connectivity index (χ3n) is 4.04. The second-order valence-corrected chi connectivity index (χ2v) is 5.37. The van der Waals surface area contributed by atoms with Gasteiger partial charge in [0.1, 0.15) is 5.92 Å². The van der Waals surface area contributed by atoms with Gasteiger partial charge >= 0.3 is 5.97 Å². The van der Waals surface area contributed by atoms with Crippen molar-refractivity contribution in [3.8, 4) is 0 Å². The smallest absolute Gasteiger partial charge is 0.310 e. The molecule has 0 saturated carbocycles. The lowest BCUT2D eigenvalue weighted by molar-refractivity contribution is -0.146. The van der Waals surface area contributed by atoms with Crippen LogP contribution in [0.3, 0.4) is 0 Å². The van der Waals surface area contributed by atoms with Crippen molar-refractivity contribution >= 4 is 11.9 Å². The molecule has 0 radical (unpaired) electrons. The van der Waals surface area contributed by atoms with Crippen LogP contribution in [0.2, 0.25) is 0 Å². The Bertz CT molecular complexity index is 569. The molecule has 110 valence electrons. The Morgan fingerprint density at radius 2 is 1.76 bits per heavy atom. The Morgan fingerprint density at radius 3 is 2.43 bits per heavy atom. The highest BCUT2D eigenvalue weighted by Gasteiger charge is 2.53. The predicted molar refractivity (Wildman–Crippen MR) is 75.6 cm³/mol. The standard InChI is InChI=1S/C16H17NO4/c18-15(17-9-8-10-4-2-1-3-5-10)13-11-6-7-12(21-11)14(13)16(19)20/h1-7,11-14H,8-9H2,(H,17,18)(H,19,20). The van der Waals surface area contributed by atoms with E-state index in [4.69, 9.17) is 4.74 Å². The summed E-state index contributed by atoms with van der Waals surface area (Å²) < 4.78 is 5.49. The van der Waals surface area contributed by atoms with Gasteiger partial charge in [-0.25, -0.2) is 0 Å². The minimum atomic E-state index is -0.977. The number of carbonyl (C=O) groups excluding carboxylic acids is 1. The summed E-state index contributed by atoms with van der Waals surface area (Å²) in [6.45, 7) is 0.493. The largest absolute Gasteiger partial charge is 0.481 e. The van der Waals surface area contributed by atoms with Crippen molar-refractivity contribution in [2.75, 3.05) is 6.54 Å². The minimum absolute atomic E-state index is 0.241. The molecule has 0 aromatic heterocycles. The molecule has 1 aromatic rings. The van der Waals surface area contributed by atoms with Crippen LogP contribution in [0.25, 0.3) is 0 Å². The average molecular weight is 287 g/mol. The molecule has 2 aliphatic rings. The fraction of sp³-hybridized carbons (Fsp3) is 0.375. The highest BCUT2D eigenvalue weighted by Crippen LogP contribution is 2.39. The lowest BCUT2D eigenvalue weighted by atomic mass is 9.82. The van der Waals surface area contributed by atoms with Gasteiger partial charge < -0.3 is 15.2 Å². The maximum atomic E-state index is 12.3. The zero-order chi connectivity index (χ0) is 14.8. The molecule has 1 fully saturated rings. The molecule has 0 spiro atoms. The number of carbonyl (C=O) groups is 2. The molecule has 5 nitrogen and oxygen atoms in total. The summed E-state index contributed by atoms with van der Waals surface area (Å²) in [5, 5.41) is 12.1. The Hall–Kier alpha value is -2.14. The topological polar surface area (TPSA) is 75.6 Å². The number of aliphatic carboxylic acids is 1. The molecule has 2 heterocycles. The minimum Gasteiger partial charge on any atom is -0.481 e. The molecule has 1 aromatic carbocycles. The number of fused-ring (bicyclic) bond motifs is 2. The van der Waals surface area contributed by atoms with Crippen molar-refractivity contribution < 1.29 is 19.4 Å². The molecule has 4 atom stereocenters. The first-order valence-corrected chi connectivity index (χ1v) is 7.05. The normalized spacial score (nSPS) is 29.5. The van der Waals surface area contributed by atoms with Gasteiger partial charge in [-0.05, 0) is 12.0 Å². The SMILES string of the molecule is O=C(O)C1C2C=CC(O2)C1C(=O)NCCc1ccccc1. The van der Waals surface area contributed by atoms with E-state index in [1.54, 1.807) is 12.2 Å². The van der Waals surface area contributed by atoms with Crippen LogP contribution in [0.5, 0.6) is 0 Å². The highest BCUT2D eigenvalue weighted by molar-refractivity contribution is 5.87. The van der Waals surface area contributed by atoms with Gasteiger partial charge in [0.2, 0.25) is 5.91 Å². The van der Waals surface area contributed by atoms with Gasteiger partial charge in [-0.15, -0.1) is 0 Å². The van der Waals surface area contributed by atoms with Crippen molar-refractivity contribution in [2.24, 2.45) is 11.8 Å². The summed E-state index contributed by atoms with van der Waals surface area (Å²) in [5.41, 5.74) is 1.14. The van der Waals surface area contributed by atoms with Gasteiger partial charge in [0.25, 0.3) is 0 Å². The molecule has 5 heteroatoms. The van der Waals surface area contributed by atoms with E-state index < -0.39 is 30.0 Å². The molecule has 1 amide bonds. The van der Waals surface area contributed by atoms with Crippen LogP contribution in [0.15, 0.2) is 42.5 Å². The van der Waals surface area contributed by atoms with Crippen molar-refractivity contribution in [3.05, 3.63) is 48.0 Å². The second kappa shape index (κ2) is 5.69. The Balaban J connectivity index is 1.58. The van der Waals surface area contributed by atoms with E-state index in [9.17, 15) is 14.7 Å². The maximum absolute atomic E-state index is 12.3. The van der Waals surface area contributed by atoms with Crippen molar-refractivity contribution in [2.45, 2.75) is 18.6 Å². The van der Waals surface area contributed by atoms with E-state index in [1.165, 1.54) is 0 Å². The number of amides is 1. The van der Waals surface area contributed by atoms with E-state index in [-0.39, 0.29) is 5.91 Å². The summed E-state index contributed by atoms with van der Waals surface area (Å²) in [4.78, 5) is 23.6. The first-order chi connectivity index (χ1) is 10.2. The highest BCUT2D eigenvalue weighted by atomic mass is 16.5. The number of ether oxygens (including phenoxy) is 1. The second-order valence-electron chi connectivity index (χ2n) is 5.37. The van der Waals surface area contributed by atoms with Gasteiger partial charge in [0, 0.05) is 6.54 Å². The van der Waals surface area contributed by atoms with Crippen LogP contribution in [0.1, 0.15) is 5.56 Å². The van der Waals surface area contributed by atoms with Crippen molar-refractivity contribution in [1.82, 2.24) is 5.32 Å². The Labute approximate surface area is 122 Å². The fourth-order valence-corrected chi connectivity index (χ4v) is 3.01. The van der Waals surface area contributed by atoms with Gasteiger partial charge in [-0.3, -0.25) is 9.59 Å².